The van der Waals surface area contributed by atoms with E-state index in [4.69, 9.17) is 19.9 Å². The summed E-state index contributed by atoms with van der Waals surface area (Å²) >= 11 is 0. The maximum atomic E-state index is 9.21. The van der Waals surface area contributed by atoms with Gasteiger partial charge in [-0.15, -0.1) is 0 Å². The standard InChI is InChI=1S/C14H18N2O3/c1-17-11-4-3-5-12(18-2)13(11)19-9-14(16,8-15)10-6-7-10/h3-5,10H,6-7,9,16H2,1-2H3. The molecule has 1 atom stereocenters. The molecule has 0 heterocycles. The molecule has 0 spiro atoms. The van der Waals surface area contributed by atoms with Crippen molar-refractivity contribution in [2.45, 2.75) is 18.4 Å². The molecule has 0 radical (unpaired) electrons. The van der Waals surface area contributed by atoms with E-state index >= 15 is 0 Å². The first-order valence-corrected chi connectivity index (χ1v) is 6.18. The highest BCUT2D eigenvalue weighted by Gasteiger charge is 2.43. The van der Waals surface area contributed by atoms with E-state index < -0.39 is 5.54 Å². The lowest BCUT2D eigenvalue weighted by molar-refractivity contribution is 0.218. The number of ether oxygens (including phenoxy) is 3. The molecule has 1 saturated carbocycles. The molecule has 0 aromatic heterocycles. The predicted molar refractivity (Wildman–Crippen MR) is 70.3 cm³/mol. The van der Waals surface area contributed by atoms with Gasteiger partial charge in [0.15, 0.2) is 11.5 Å². The molecule has 0 aliphatic heterocycles. The molecule has 1 unspecified atom stereocenters. The molecule has 1 aromatic rings. The first-order chi connectivity index (χ1) is 9.14. The first kappa shape index (κ1) is 13.5. The smallest absolute Gasteiger partial charge is 0.203 e. The second-order valence-corrected chi connectivity index (χ2v) is 4.71. The zero-order valence-corrected chi connectivity index (χ0v) is 11.2. The quantitative estimate of drug-likeness (QED) is 0.844. The number of hydrogen-bond acceptors (Lipinski definition) is 5. The van der Waals surface area contributed by atoms with Gasteiger partial charge in [-0.25, -0.2) is 0 Å². The van der Waals surface area contributed by atoms with Crippen LogP contribution in [0.1, 0.15) is 12.8 Å². The van der Waals surface area contributed by atoms with E-state index in [2.05, 4.69) is 6.07 Å². The third-order valence-corrected chi connectivity index (χ3v) is 3.35. The van der Waals surface area contributed by atoms with E-state index in [9.17, 15) is 5.26 Å². The first-order valence-electron chi connectivity index (χ1n) is 6.18. The molecule has 1 fully saturated rings. The number of hydrogen-bond donors (Lipinski definition) is 1. The van der Waals surface area contributed by atoms with Crippen molar-refractivity contribution in [1.82, 2.24) is 0 Å². The Kier molecular flexibility index (Phi) is 3.82. The summed E-state index contributed by atoms with van der Waals surface area (Å²) in [5, 5.41) is 9.21. The zero-order valence-electron chi connectivity index (χ0n) is 11.2. The summed E-state index contributed by atoms with van der Waals surface area (Å²) in [7, 11) is 3.12. The molecule has 5 nitrogen and oxygen atoms in total. The fraction of sp³-hybridized carbons (Fsp3) is 0.500. The highest BCUT2D eigenvalue weighted by molar-refractivity contribution is 5.51. The highest BCUT2D eigenvalue weighted by atomic mass is 16.5. The van der Waals surface area contributed by atoms with Gasteiger partial charge in [-0.2, -0.15) is 5.26 Å². The third-order valence-electron chi connectivity index (χ3n) is 3.35. The average Bonchev–Trinajstić information content (AvgIpc) is 3.29. The Bertz CT molecular complexity index is 472. The normalized spacial score (nSPS) is 17.2. The van der Waals surface area contributed by atoms with E-state index in [-0.39, 0.29) is 12.5 Å². The lowest BCUT2D eigenvalue weighted by Gasteiger charge is -2.22. The number of rotatable bonds is 6. The van der Waals surface area contributed by atoms with Crippen LogP contribution in [-0.4, -0.2) is 26.4 Å². The maximum Gasteiger partial charge on any atom is 0.203 e. The third kappa shape index (κ3) is 2.74. The molecule has 0 amide bonds. The Labute approximate surface area is 112 Å². The van der Waals surface area contributed by atoms with Gasteiger partial charge in [0.1, 0.15) is 12.1 Å². The fourth-order valence-electron chi connectivity index (χ4n) is 1.99. The second-order valence-electron chi connectivity index (χ2n) is 4.71. The van der Waals surface area contributed by atoms with Crippen LogP contribution < -0.4 is 19.9 Å². The van der Waals surface area contributed by atoms with Crippen molar-refractivity contribution in [3.05, 3.63) is 18.2 Å². The van der Waals surface area contributed by atoms with E-state index in [1.54, 1.807) is 26.4 Å². The summed E-state index contributed by atoms with van der Waals surface area (Å²) in [5.41, 5.74) is 5.13. The van der Waals surface area contributed by atoms with Crippen LogP contribution in [0.5, 0.6) is 17.2 Å². The Morgan fingerprint density at radius 1 is 1.32 bits per heavy atom. The second kappa shape index (κ2) is 5.37. The molecule has 2 N–H and O–H groups in total. The summed E-state index contributed by atoms with van der Waals surface area (Å²) in [5.74, 6) is 1.84. The van der Waals surface area contributed by atoms with Gasteiger partial charge in [0.05, 0.1) is 20.3 Å². The Balaban J connectivity index is 2.16. The summed E-state index contributed by atoms with van der Waals surface area (Å²) in [6, 6.07) is 7.52. The van der Waals surface area contributed by atoms with Gasteiger partial charge in [0.25, 0.3) is 0 Å². The van der Waals surface area contributed by atoms with Crippen molar-refractivity contribution in [3.63, 3.8) is 0 Å². The highest BCUT2D eigenvalue weighted by Crippen LogP contribution is 2.41. The maximum absolute atomic E-state index is 9.21. The van der Waals surface area contributed by atoms with Crippen LogP contribution in [0.2, 0.25) is 0 Å². The van der Waals surface area contributed by atoms with E-state index in [1.165, 1.54) is 0 Å². The Morgan fingerprint density at radius 3 is 2.32 bits per heavy atom. The monoisotopic (exact) mass is 262 g/mol. The van der Waals surface area contributed by atoms with Gasteiger partial charge in [-0.3, -0.25) is 0 Å². The van der Waals surface area contributed by atoms with Crippen molar-refractivity contribution in [3.8, 4) is 23.3 Å². The summed E-state index contributed by atoms with van der Waals surface area (Å²) in [4.78, 5) is 0. The lowest BCUT2D eigenvalue weighted by Crippen LogP contribution is -2.46. The number of methoxy groups -OCH3 is 2. The molecule has 0 bridgehead atoms. The Hall–Kier alpha value is -1.93. The molecular weight excluding hydrogens is 244 g/mol. The molecule has 0 saturated heterocycles. The molecule has 5 heteroatoms. The van der Waals surface area contributed by atoms with Crippen molar-refractivity contribution in [1.29, 1.82) is 5.26 Å². The molecule has 1 aromatic carbocycles. The Morgan fingerprint density at radius 2 is 1.89 bits per heavy atom. The van der Waals surface area contributed by atoms with E-state index in [1.807, 2.05) is 6.07 Å². The summed E-state index contributed by atoms with van der Waals surface area (Å²) < 4.78 is 16.2. The van der Waals surface area contributed by atoms with Crippen molar-refractivity contribution in [2.75, 3.05) is 20.8 Å². The van der Waals surface area contributed by atoms with Crippen LogP contribution in [0.4, 0.5) is 0 Å². The number of nitrogens with zero attached hydrogens (tertiary/aromatic N) is 1. The molecule has 2 rings (SSSR count). The largest absolute Gasteiger partial charge is 0.493 e. The number of benzene rings is 1. The average molecular weight is 262 g/mol. The number of para-hydroxylation sites is 1. The van der Waals surface area contributed by atoms with Crippen LogP contribution in [0.3, 0.4) is 0 Å². The predicted octanol–water partition coefficient (Wildman–Crippen LogP) is 1.71. The van der Waals surface area contributed by atoms with Crippen LogP contribution in [0, 0.1) is 17.2 Å². The van der Waals surface area contributed by atoms with Gasteiger partial charge >= 0.3 is 0 Å². The zero-order chi connectivity index (χ0) is 13.9. The number of nitrogens with two attached hydrogens (primary N) is 1. The van der Waals surface area contributed by atoms with Crippen LogP contribution in [-0.2, 0) is 0 Å². The van der Waals surface area contributed by atoms with Crippen molar-refractivity contribution in [2.24, 2.45) is 11.7 Å². The van der Waals surface area contributed by atoms with Gasteiger partial charge < -0.3 is 19.9 Å². The molecule has 1 aliphatic rings. The van der Waals surface area contributed by atoms with Gasteiger partial charge in [0, 0.05) is 0 Å². The van der Waals surface area contributed by atoms with Crippen LogP contribution in [0.25, 0.3) is 0 Å². The topological polar surface area (TPSA) is 77.5 Å². The minimum absolute atomic E-state index is 0.130. The number of nitriles is 1. The van der Waals surface area contributed by atoms with Crippen LogP contribution >= 0.6 is 0 Å². The van der Waals surface area contributed by atoms with Crippen LogP contribution in [0.15, 0.2) is 18.2 Å². The van der Waals surface area contributed by atoms with E-state index in [0.717, 1.165) is 12.8 Å². The fourth-order valence-corrected chi connectivity index (χ4v) is 1.99. The van der Waals surface area contributed by atoms with Gasteiger partial charge in [0.2, 0.25) is 5.75 Å². The van der Waals surface area contributed by atoms with Gasteiger partial charge in [-0.1, -0.05) is 6.07 Å². The van der Waals surface area contributed by atoms with Gasteiger partial charge in [-0.05, 0) is 30.9 Å². The van der Waals surface area contributed by atoms with E-state index in [0.29, 0.717) is 17.2 Å². The molecular formula is C14H18N2O3. The molecule has 102 valence electrons. The minimum atomic E-state index is -0.939. The molecule has 1 aliphatic carbocycles. The van der Waals surface area contributed by atoms with Crippen molar-refractivity contribution < 1.29 is 14.2 Å². The summed E-state index contributed by atoms with van der Waals surface area (Å²) in [6.45, 7) is 0.130. The van der Waals surface area contributed by atoms with Crippen molar-refractivity contribution >= 4 is 0 Å². The summed E-state index contributed by atoms with van der Waals surface area (Å²) in [6.07, 6.45) is 1.97. The minimum Gasteiger partial charge on any atom is -0.493 e. The molecule has 19 heavy (non-hydrogen) atoms. The lowest BCUT2D eigenvalue weighted by atomic mass is 9.98. The SMILES string of the molecule is COc1cccc(OC)c1OCC(N)(C#N)C1CC1.